The predicted octanol–water partition coefficient (Wildman–Crippen LogP) is 1.84. The van der Waals surface area contributed by atoms with Gasteiger partial charge in [0, 0.05) is 24.3 Å². The maximum absolute atomic E-state index is 14.3. The standard InChI is InChI=1S/C20H21FN6O2/c1-12(28)16-11-26(24-22-16)13-9-25(10-13)20(29)19-14-5-4-8-17(14)27(23-19)18-7-3-2-6-15(18)21/h2-3,6-7,11-13,28H,4-5,8-10H2,1H3. The number of fused-ring (bicyclic) bond motifs is 1. The molecule has 2 aromatic heterocycles. The van der Waals surface area contributed by atoms with E-state index >= 15 is 0 Å². The van der Waals surface area contributed by atoms with Crippen LogP contribution in [0.5, 0.6) is 0 Å². The van der Waals surface area contributed by atoms with E-state index < -0.39 is 6.10 Å². The van der Waals surface area contributed by atoms with Crippen LogP contribution < -0.4 is 0 Å². The topological polar surface area (TPSA) is 89.1 Å². The number of para-hydroxylation sites is 1. The Hall–Kier alpha value is -3.07. The molecule has 1 aliphatic heterocycles. The van der Waals surface area contributed by atoms with Crippen molar-refractivity contribution >= 4 is 5.91 Å². The Balaban J connectivity index is 1.37. The summed E-state index contributed by atoms with van der Waals surface area (Å²) in [6, 6.07) is 6.52. The first kappa shape index (κ1) is 18.0. The van der Waals surface area contributed by atoms with E-state index in [1.165, 1.54) is 6.07 Å². The molecule has 0 bridgehead atoms. The maximum atomic E-state index is 14.3. The molecule has 1 aromatic carbocycles. The van der Waals surface area contributed by atoms with E-state index in [-0.39, 0.29) is 17.8 Å². The number of aliphatic hydroxyl groups excluding tert-OH is 1. The highest BCUT2D eigenvalue weighted by atomic mass is 19.1. The van der Waals surface area contributed by atoms with Crippen LogP contribution in [0.15, 0.2) is 30.5 Å². The molecule has 1 saturated heterocycles. The first-order valence-electron chi connectivity index (χ1n) is 9.77. The van der Waals surface area contributed by atoms with Crippen molar-refractivity contribution in [2.45, 2.75) is 38.3 Å². The molecule has 9 heteroatoms. The average Bonchev–Trinajstić information content (AvgIpc) is 3.37. The Kier molecular flexibility index (Phi) is 4.20. The van der Waals surface area contributed by atoms with Crippen LogP contribution in [0.1, 0.15) is 52.9 Å². The fraction of sp³-hybridized carbons (Fsp3) is 0.400. The van der Waals surface area contributed by atoms with E-state index in [0.29, 0.717) is 30.2 Å². The van der Waals surface area contributed by atoms with Crippen molar-refractivity contribution in [1.82, 2.24) is 29.7 Å². The second-order valence-electron chi connectivity index (χ2n) is 7.65. The quantitative estimate of drug-likeness (QED) is 0.727. The molecule has 3 aromatic rings. The number of carbonyl (C=O) groups excluding carboxylic acids is 1. The van der Waals surface area contributed by atoms with Gasteiger partial charge in [0.2, 0.25) is 0 Å². The number of aliphatic hydroxyl groups is 1. The number of carbonyl (C=O) groups is 1. The molecule has 8 nitrogen and oxygen atoms in total. The summed E-state index contributed by atoms with van der Waals surface area (Å²) in [6.07, 6.45) is 3.54. The zero-order chi connectivity index (χ0) is 20.1. The van der Waals surface area contributed by atoms with Crippen molar-refractivity contribution in [3.8, 4) is 5.69 Å². The molecule has 1 unspecified atom stereocenters. The third kappa shape index (κ3) is 2.93. The van der Waals surface area contributed by atoms with Gasteiger partial charge in [0.25, 0.3) is 5.91 Å². The normalized spacial score (nSPS) is 17.3. The molecule has 1 atom stereocenters. The monoisotopic (exact) mass is 396 g/mol. The molecule has 150 valence electrons. The van der Waals surface area contributed by atoms with Crippen LogP contribution in [0.3, 0.4) is 0 Å². The minimum atomic E-state index is -0.675. The lowest BCUT2D eigenvalue weighted by Crippen LogP contribution is -2.51. The van der Waals surface area contributed by atoms with Crippen molar-refractivity contribution in [1.29, 1.82) is 0 Å². The number of halogens is 1. The summed E-state index contributed by atoms with van der Waals surface area (Å²) in [7, 11) is 0. The molecule has 1 amide bonds. The van der Waals surface area contributed by atoms with Gasteiger partial charge >= 0.3 is 0 Å². The van der Waals surface area contributed by atoms with Crippen molar-refractivity contribution < 1.29 is 14.3 Å². The van der Waals surface area contributed by atoms with Gasteiger partial charge in [-0.3, -0.25) is 4.79 Å². The van der Waals surface area contributed by atoms with E-state index in [1.807, 2.05) is 0 Å². The summed E-state index contributed by atoms with van der Waals surface area (Å²) in [5.41, 5.74) is 3.16. The highest BCUT2D eigenvalue weighted by molar-refractivity contribution is 5.95. The third-order valence-electron chi connectivity index (χ3n) is 5.69. The zero-order valence-electron chi connectivity index (χ0n) is 16.0. The van der Waals surface area contributed by atoms with Gasteiger partial charge < -0.3 is 10.0 Å². The van der Waals surface area contributed by atoms with Crippen molar-refractivity contribution in [2.24, 2.45) is 0 Å². The van der Waals surface area contributed by atoms with E-state index in [9.17, 15) is 14.3 Å². The molecule has 5 rings (SSSR count). The number of hydrogen-bond donors (Lipinski definition) is 1. The van der Waals surface area contributed by atoms with Gasteiger partial charge in [-0.25, -0.2) is 13.8 Å². The molecule has 3 heterocycles. The maximum Gasteiger partial charge on any atom is 0.274 e. The van der Waals surface area contributed by atoms with Gasteiger partial charge in [0.1, 0.15) is 17.2 Å². The molecular weight excluding hydrogens is 375 g/mol. The molecule has 0 radical (unpaired) electrons. The Morgan fingerprint density at radius 1 is 1.28 bits per heavy atom. The second-order valence-corrected chi connectivity index (χ2v) is 7.65. The average molecular weight is 396 g/mol. The van der Waals surface area contributed by atoms with Gasteiger partial charge in [-0.05, 0) is 38.3 Å². The summed E-state index contributed by atoms with van der Waals surface area (Å²) in [5.74, 6) is -0.488. The van der Waals surface area contributed by atoms with Crippen LogP contribution >= 0.6 is 0 Å². The SMILES string of the molecule is CC(O)c1cn(C2CN(C(=O)c3nn(-c4ccccc4F)c4c3CCC4)C2)nn1. The molecule has 1 N–H and O–H groups in total. The van der Waals surface area contributed by atoms with Gasteiger partial charge in [-0.1, -0.05) is 17.3 Å². The molecule has 29 heavy (non-hydrogen) atoms. The van der Waals surface area contributed by atoms with Crippen LogP contribution in [0.4, 0.5) is 4.39 Å². The fourth-order valence-corrected chi connectivity index (χ4v) is 4.03. The second kappa shape index (κ2) is 6.77. The molecule has 0 spiro atoms. The summed E-state index contributed by atoms with van der Waals surface area (Å²) < 4.78 is 17.6. The number of hydrogen-bond acceptors (Lipinski definition) is 5. The first-order valence-corrected chi connectivity index (χ1v) is 9.77. The van der Waals surface area contributed by atoms with Crippen LogP contribution in [0.2, 0.25) is 0 Å². The molecule has 2 aliphatic rings. The predicted molar refractivity (Wildman–Crippen MR) is 101 cm³/mol. The summed E-state index contributed by atoms with van der Waals surface area (Å²) in [6.45, 7) is 2.64. The Morgan fingerprint density at radius 2 is 2.07 bits per heavy atom. The van der Waals surface area contributed by atoms with Crippen LogP contribution in [0, 0.1) is 5.82 Å². The minimum absolute atomic E-state index is 0.0284. The molecule has 1 fully saturated rings. The lowest BCUT2D eigenvalue weighted by atomic mass is 10.1. The van der Waals surface area contributed by atoms with Crippen LogP contribution in [0.25, 0.3) is 5.69 Å². The Morgan fingerprint density at radius 3 is 2.79 bits per heavy atom. The van der Waals surface area contributed by atoms with Crippen LogP contribution in [-0.2, 0) is 12.8 Å². The molecule has 1 aliphatic carbocycles. The highest BCUT2D eigenvalue weighted by Crippen LogP contribution is 2.31. The first-order chi connectivity index (χ1) is 14.0. The van der Waals surface area contributed by atoms with Crippen molar-refractivity contribution in [3.05, 3.63) is 58.9 Å². The van der Waals surface area contributed by atoms with Gasteiger partial charge in [0.05, 0.1) is 18.3 Å². The zero-order valence-corrected chi connectivity index (χ0v) is 16.0. The van der Waals surface area contributed by atoms with Crippen molar-refractivity contribution in [2.75, 3.05) is 13.1 Å². The van der Waals surface area contributed by atoms with E-state index in [1.54, 1.807) is 45.6 Å². The summed E-state index contributed by atoms with van der Waals surface area (Å²) >= 11 is 0. The largest absolute Gasteiger partial charge is 0.387 e. The minimum Gasteiger partial charge on any atom is -0.387 e. The number of nitrogens with zero attached hydrogens (tertiary/aromatic N) is 6. The summed E-state index contributed by atoms with van der Waals surface area (Å²) in [5, 5.41) is 22.1. The van der Waals surface area contributed by atoms with Gasteiger partial charge in [0.15, 0.2) is 5.69 Å². The molecular formula is C20H21FN6O2. The summed E-state index contributed by atoms with van der Waals surface area (Å²) in [4.78, 5) is 14.8. The van der Waals surface area contributed by atoms with Gasteiger partial charge in [-0.2, -0.15) is 5.10 Å². The van der Waals surface area contributed by atoms with E-state index in [0.717, 1.165) is 30.5 Å². The van der Waals surface area contributed by atoms with Crippen molar-refractivity contribution in [3.63, 3.8) is 0 Å². The molecule has 0 saturated carbocycles. The number of likely N-dealkylation sites (tertiary alicyclic amines) is 1. The number of aromatic nitrogens is 5. The number of benzene rings is 1. The highest BCUT2D eigenvalue weighted by Gasteiger charge is 2.37. The fourth-order valence-electron chi connectivity index (χ4n) is 4.03. The Labute approximate surface area is 166 Å². The number of amides is 1. The lowest BCUT2D eigenvalue weighted by Gasteiger charge is -2.38. The van der Waals surface area contributed by atoms with E-state index in [4.69, 9.17) is 0 Å². The smallest absolute Gasteiger partial charge is 0.274 e. The van der Waals surface area contributed by atoms with Crippen LogP contribution in [-0.4, -0.2) is 53.8 Å². The third-order valence-corrected chi connectivity index (χ3v) is 5.69. The lowest BCUT2D eigenvalue weighted by molar-refractivity contribution is 0.0490. The van der Waals surface area contributed by atoms with E-state index in [2.05, 4.69) is 15.4 Å². The van der Waals surface area contributed by atoms with Gasteiger partial charge in [-0.15, -0.1) is 5.10 Å². The Bertz CT molecular complexity index is 1080. The number of rotatable bonds is 4.